The summed E-state index contributed by atoms with van der Waals surface area (Å²) in [6.45, 7) is -1.18. The average Bonchev–Trinajstić information content (AvgIpc) is 2.66. The van der Waals surface area contributed by atoms with Gasteiger partial charge in [0.15, 0.2) is 6.61 Å². The highest BCUT2D eigenvalue weighted by Gasteiger charge is 2.29. The van der Waals surface area contributed by atoms with E-state index >= 15 is 0 Å². The lowest BCUT2D eigenvalue weighted by Crippen LogP contribution is -2.31. The first-order valence-corrected chi connectivity index (χ1v) is 4.29. The molecule has 0 saturated carbocycles. The van der Waals surface area contributed by atoms with E-state index in [1.165, 1.54) is 10.9 Å². The number of rotatable bonds is 4. The number of amides is 1. The summed E-state index contributed by atoms with van der Waals surface area (Å²) in [4.78, 5) is 10.7. The average molecular weight is 238 g/mol. The summed E-state index contributed by atoms with van der Waals surface area (Å²) in [5.41, 5.74) is 0. The first kappa shape index (κ1) is 12.3. The van der Waals surface area contributed by atoms with Crippen LogP contribution in [0.15, 0.2) is 12.4 Å². The Bertz CT molecular complexity index is 325. The van der Waals surface area contributed by atoms with Crippen LogP contribution in [0.2, 0.25) is 0 Å². The minimum Gasteiger partial charge on any atom is -0.440 e. The Hall–Kier alpha value is -1.80. The molecule has 16 heavy (non-hydrogen) atoms. The van der Waals surface area contributed by atoms with Gasteiger partial charge in [-0.25, -0.2) is 4.79 Å². The van der Waals surface area contributed by atoms with Crippen LogP contribution in [-0.2, 0) is 11.3 Å². The second-order valence-electron chi connectivity index (χ2n) is 2.78. The summed E-state index contributed by atoms with van der Waals surface area (Å²) in [5.74, 6) is 0. The molecule has 0 unspecified atom stereocenters. The Morgan fingerprint density at radius 2 is 2.25 bits per heavy atom. The number of nitrogens with zero attached hydrogens (tertiary/aromatic N) is 3. The maximum absolute atomic E-state index is 11.6. The van der Waals surface area contributed by atoms with Gasteiger partial charge in [0.1, 0.15) is 0 Å². The van der Waals surface area contributed by atoms with Crippen LogP contribution in [0.25, 0.3) is 0 Å². The fraction of sp³-hybridized carbons (Fsp3) is 0.571. The number of carbonyl (C=O) groups excluding carboxylic acids is 1. The highest BCUT2D eigenvalue weighted by molar-refractivity contribution is 5.67. The van der Waals surface area contributed by atoms with Crippen molar-refractivity contribution < 1.29 is 22.7 Å². The molecule has 1 aromatic rings. The minimum absolute atomic E-state index is 0.111. The lowest BCUT2D eigenvalue weighted by atomic mass is 10.6. The third kappa shape index (κ3) is 5.17. The van der Waals surface area contributed by atoms with Crippen molar-refractivity contribution in [3.05, 3.63) is 12.4 Å². The van der Waals surface area contributed by atoms with Crippen LogP contribution in [0, 0.1) is 0 Å². The predicted octanol–water partition coefficient (Wildman–Crippen LogP) is 0.567. The number of ether oxygens (including phenoxy) is 1. The van der Waals surface area contributed by atoms with Gasteiger partial charge in [-0.15, -0.1) is 5.10 Å². The van der Waals surface area contributed by atoms with Crippen molar-refractivity contribution in [3.8, 4) is 0 Å². The Morgan fingerprint density at radius 3 is 2.81 bits per heavy atom. The lowest BCUT2D eigenvalue weighted by molar-refractivity contribution is -0.160. The van der Waals surface area contributed by atoms with E-state index in [0.717, 1.165) is 0 Å². The quantitative estimate of drug-likeness (QED) is 0.832. The predicted molar refractivity (Wildman–Crippen MR) is 45.4 cm³/mol. The fourth-order valence-corrected chi connectivity index (χ4v) is 0.823. The van der Waals surface area contributed by atoms with Crippen LogP contribution >= 0.6 is 0 Å². The Kier molecular flexibility index (Phi) is 4.09. The van der Waals surface area contributed by atoms with Crippen LogP contribution in [0.3, 0.4) is 0 Å². The summed E-state index contributed by atoms with van der Waals surface area (Å²) < 4.78 is 40.2. The summed E-state index contributed by atoms with van der Waals surface area (Å²) in [7, 11) is 0. The molecular formula is C7H9F3N4O2. The zero-order valence-corrected chi connectivity index (χ0v) is 8.07. The third-order valence-corrected chi connectivity index (χ3v) is 1.45. The molecule has 0 atom stereocenters. The monoisotopic (exact) mass is 238 g/mol. The number of alkyl carbamates (subject to hydrolysis) is 1. The van der Waals surface area contributed by atoms with Gasteiger partial charge in [-0.2, -0.15) is 13.2 Å². The normalized spacial score (nSPS) is 11.2. The minimum atomic E-state index is -4.51. The topological polar surface area (TPSA) is 69.0 Å². The standard InChI is InChI=1S/C7H9F3N4O2/c8-7(9,10)5-16-6(15)11-1-3-14-4-2-12-13-14/h2,4H,1,3,5H2,(H,11,15). The van der Waals surface area contributed by atoms with Gasteiger partial charge in [0.05, 0.1) is 12.7 Å². The van der Waals surface area contributed by atoms with Gasteiger partial charge < -0.3 is 10.1 Å². The van der Waals surface area contributed by atoms with Crippen molar-refractivity contribution in [1.29, 1.82) is 0 Å². The number of carbonyl (C=O) groups is 1. The number of aromatic nitrogens is 3. The Balaban J connectivity index is 2.11. The molecule has 0 aliphatic heterocycles. The molecule has 0 aliphatic rings. The van der Waals surface area contributed by atoms with Crippen molar-refractivity contribution in [1.82, 2.24) is 20.3 Å². The fourth-order valence-electron chi connectivity index (χ4n) is 0.823. The van der Waals surface area contributed by atoms with E-state index in [-0.39, 0.29) is 6.54 Å². The molecule has 1 rings (SSSR count). The molecule has 0 fully saturated rings. The van der Waals surface area contributed by atoms with Gasteiger partial charge in [0, 0.05) is 12.7 Å². The van der Waals surface area contributed by atoms with E-state index in [4.69, 9.17) is 0 Å². The second kappa shape index (κ2) is 5.33. The molecule has 90 valence electrons. The van der Waals surface area contributed by atoms with Crippen LogP contribution < -0.4 is 5.32 Å². The molecule has 1 amide bonds. The van der Waals surface area contributed by atoms with Crippen LogP contribution in [0.1, 0.15) is 0 Å². The van der Waals surface area contributed by atoms with Gasteiger partial charge in [-0.3, -0.25) is 4.68 Å². The molecule has 1 N–H and O–H groups in total. The molecule has 6 nitrogen and oxygen atoms in total. The van der Waals surface area contributed by atoms with Crippen LogP contribution in [0.5, 0.6) is 0 Å². The first-order chi connectivity index (χ1) is 7.47. The molecule has 1 heterocycles. The van der Waals surface area contributed by atoms with Gasteiger partial charge in [0.25, 0.3) is 0 Å². The summed E-state index contributed by atoms with van der Waals surface area (Å²) >= 11 is 0. The first-order valence-electron chi connectivity index (χ1n) is 4.29. The summed E-state index contributed by atoms with van der Waals surface area (Å²) in [6, 6.07) is 0. The van der Waals surface area contributed by atoms with Gasteiger partial charge in [-0.1, -0.05) is 5.21 Å². The maximum Gasteiger partial charge on any atom is 0.422 e. The number of hydrogen-bond donors (Lipinski definition) is 1. The van der Waals surface area contributed by atoms with Crippen molar-refractivity contribution in [2.75, 3.05) is 13.2 Å². The van der Waals surface area contributed by atoms with Crippen molar-refractivity contribution in [3.63, 3.8) is 0 Å². The largest absolute Gasteiger partial charge is 0.440 e. The van der Waals surface area contributed by atoms with E-state index in [1.807, 2.05) is 0 Å². The van der Waals surface area contributed by atoms with Gasteiger partial charge in [0.2, 0.25) is 0 Å². The highest BCUT2D eigenvalue weighted by Crippen LogP contribution is 2.14. The van der Waals surface area contributed by atoms with Gasteiger partial charge in [-0.05, 0) is 0 Å². The molecule has 0 bridgehead atoms. The van der Waals surface area contributed by atoms with E-state index < -0.39 is 18.9 Å². The molecule has 9 heteroatoms. The maximum atomic E-state index is 11.6. The van der Waals surface area contributed by atoms with E-state index in [9.17, 15) is 18.0 Å². The van der Waals surface area contributed by atoms with Crippen molar-refractivity contribution in [2.45, 2.75) is 12.7 Å². The molecular weight excluding hydrogens is 229 g/mol. The van der Waals surface area contributed by atoms with Crippen LogP contribution in [0.4, 0.5) is 18.0 Å². The Labute approximate surface area is 88.4 Å². The molecule has 0 aliphatic carbocycles. The Morgan fingerprint density at radius 1 is 1.50 bits per heavy atom. The number of alkyl halides is 3. The molecule has 0 saturated heterocycles. The van der Waals surface area contributed by atoms with Crippen molar-refractivity contribution in [2.24, 2.45) is 0 Å². The SMILES string of the molecule is O=C(NCCn1ccnn1)OCC(F)(F)F. The van der Waals surface area contributed by atoms with Gasteiger partial charge >= 0.3 is 12.3 Å². The highest BCUT2D eigenvalue weighted by atomic mass is 19.4. The number of halogens is 3. The summed E-state index contributed by atoms with van der Waals surface area (Å²) in [5, 5.41) is 9.25. The number of nitrogens with one attached hydrogen (secondary N) is 1. The van der Waals surface area contributed by atoms with E-state index in [1.54, 1.807) is 6.20 Å². The van der Waals surface area contributed by atoms with E-state index in [0.29, 0.717) is 6.54 Å². The second-order valence-corrected chi connectivity index (χ2v) is 2.78. The zero-order chi connectivity index (χ0) is 12.0. The molecule has 0 spiro atoms. The molecule has 1 aromatic heterocycles. The van der Waals surface area contributed by atoms with Crippen molar-refractivity contribution >= 4 is 6.09 Å². The zero-order valence-electron chi connectivity index (χ0n) is 8.07. The summed E-state index contributed by atoms with van der Waals surface area (Å²) in [6.07, 6.45) is -2.62. The smallest absolute Gasteiger partial charge is 0.422 e. The van der Waals surface area contributed by atoms with E-state index in [2.05, 4.69) is 20.4 Å². The number of hydrogen-bond acceptors (Lipinski definition) is 4. The molecule has 0 aromatic carbocycles. The molecule has 0 radical (unpaired) electrons. The van der Waals surface area contributed by atoms with Crippen LogP contribution in [-0.4, -0.2) is 40.4 Å². The lowest BCUT2D eigenvalue weighted by Gasteiger charge is -2.08. The third-order valence-electron chi connectivity index (χ3n) is 1.45.